The highest BCUT2D eigenvalue weighted by Crippen LogP contribution is 2.26. The lowest BCUT2D eigenvalue weighted by Gasteiger charge is -2.40. The molecule has 1 saturated heterocycles. The molecule has 6 atom stereocenters. The summed E-state index contributed by atoms with van der Waals surface area (Å²) in [5.74, 6) is -3.29. The maximum Gasteiger partial charge on any atom is 0.335 e. The Kier molecular flexibility index (Phi) is 46.2. The molecule has 0 aromatic heterocycles. The van der Waals surface area contributed by atoms with Gasteiger partial charge in [0, 0.05) is 19.3 Å². The smallest absolute Gasteiger partial charge is 0.335 e. The quantitative estimate of drug-likeness (QED) is 0.0228. The number of aliphatic carboxylic acids is 1. The van der Waals surface area contributed by atoms with Crippen LogP contribution in [-0.2, 0) is 42.9 Å². The molecule has 12 heteroatoms. The maximum atomic E-state index is 13.1. The van der Waals surface area contributed by atoms with Crippen molar-refractivity contribution in [2.24, 2.45) is 0 Å². The minimum Gasteiger partial charge on any atom is -0.479 e. The van der Waals surface area contributed by atoms with Crippen molar-refractivity contribution in [3.63, 3.8) is 0 Å². The van der Waals surface area contributed by atoms with E-state index in [0.29, 0.717) is 25.7 Å². The third-order valence-electron chi connectivity index (χ3n) is 12.7. The van der Waals surface area contributed by atoms with Gasteiger partial charge in [0.25, 0.3) is 0 Å². The summed E-state index contributed by atoms with van der Waals surface area (Å²) in [7, 11) is 0. The van der Waals surface area contributed by atoms with Crippen LogP contribution in [0.25, 0.3) is 0 Å². The normalized spacial score (nSPS) is 18.9. The molecular weight excluding hydrogens is 949 g/mol. The largest absolute Gasteiger partial charge is 0.479 e. The van der Waals surface area contributed by atoms with Crippen LogP contribution in [-0.4, -0.2) is 89.2 Å². The van der Waals surface area contributed by atoms with Gasteiger partial charge in [-0.15, -0.1) is 0 Å². The van der Waals surface area contributed by atoms with Gasteiger partial charge in [-0.1, -0.05) is 221 Å². The number of carboxylic acid groups (broad SMARTS) is 1. The van der Waals surface area contributed by atoms with E-state index in [9.17, 15) is 34.5 Å². The number of carbonyl (C=O) groups is 4. The van der Waals surface area contributed by atoms with Crippen LogP contribution in [0.5, 0.6) is 0 Å². The maximum absolute atomic E-state index is 13.1. The Morgan fingerprint density at radius 1 is 0.453 bits per heavy atom. The number of carbonyl (C=O) groups excluding carboxylic acids is 3. The first kappa shape index (κ1) is 68.7. The van der Waals surface area contributed by atoms with Crippen molar-refractivity contribution in [2.45, 2.75) is 263 Å². The van der Waals surface area contributed by atoms with Gasteiger partial charge in [0.2, 0.25) is 0 Å². The molecule has 0 spiro atoms. The standard InChI is InChI=1S/C63H102O12/c1-4-7-10-13-16-19-22-25-27-28-30-32-34-37-40-43-46-49-55(64)71-52-54(73-56(65)50-47-44-41-38-36-33-29-26-23-20-17-14-11-8-5-2)53-72-63-61(59(68)58(67)60(75-63)62(69)70)74-57(66)51-48-45-42-39-35-31-24-21-18-15-12-9-6-3/h8-9,11-12,17-18,20-21,26,29,31,35-36,38,42,45,54,58-61,63,67-68H,4-7,10,13-16,19,22-25,27-28,30,32-34,37,39-41,43-44,46-53H2,1-3H3,(H,69,70)/b11-8-,12-9-,20-17-,21-18-,29-26-,35-31-,38-36-,45-42-. The lowest BCUT2D eigenvalue weighted by Crippen LogP contribution is -2.61. The lowest BCUT2D eigenvalue weighted by molar-refractivity contribution is -0.301. The molecule has 75 heavy (non-hydrogen) atoms. The molecular formula is C63H102O12. The number of allylic oxidation sites excluding steroid dienone is 16. The zero-order chi connectivity index (χ0) is 54.7. The van der Waals surface area contributed by atoms with E-state index in [0.717, 1.165) is 77.0 Å². The van der Waals surface area contributed by atoms with Crippen molar-refractivity contribution in [1.29, 1.82) is 0 Å². The van der Waals surface area contributed by atoms with Crippen molar-refractivity contribution >= 4 is 23.9 Å². The summed E-state index contributed by atoms with van der Waals surface area (Å²) in [6, 6.07) is 0. The van der Waals surface area contributed by atoms with Gasteiger partial charge >= 0.3 is 23.9 Å². The second-order valence-electron chi connectivity index (χ2n) is 19.5. The van der Waals surface area contributed by atoms with E-state index >= 15 is 0 Å². The number of esters is 3. The SMILES string of the molecule is CC/C=C\C/C=C\C/C=C\C/C=C\CCCCC(=O)OC(COC(=O)CCCCCCCCCCCCCCCCCCC)COC1OC(C(=O)O)C(O)C(O)C1OC(=O)CC/C=C\C/C=C\C/C=C\C/C=C\CC. The number of hydrogen-bond donors (Lipinski definition) is 3. The Labute approximate surface area is 453 Å². The van der Waals surface area contributed by atoms with E-state index in [4.69, 9.17) is 23.7 Å². The first-order valence-corrected chi connectivity index (χ1v) is 29.2. The predicted octanol–water partition coefficient (Wildman–Crippen LogP) is 14.9. The molecule has 12 nitrogen and oxygen atoms in total. The molecule has 3 N–H and O–H groups in total. The summed E-state index contributed by atoms with van der Waals surface area (Å²) in [5, 5.41) is 31.4. The summed E-state index contributed by atoms with van der Waals surface area (Å²) in [4.78, 5) is 51.0. The van der Waals surface area contributed by atoms with Crippen molar-refractivity contribution < 1.29 is 58.2 Å². The highest BCUT2D eigenvalue weighted by molar-refractivity contribution is 5.74. The molecule has 1 fully saturated rings. The molecule has 0 aliphatic carbocycles. The number of ether oxygens (including phenoxy) is 5. The number of rotatable bonds is 48. The van der Waals surface area contributed by atoms with Crippen LogP contribution in [0.2, 0.25) is 0 Å². The first-order valence-electron chi connectivity index (χ1n) is 29.2. The lowest BCUT2D eigenvalue weighted by atomic mass is 9.98. The van der Waals surface area contributed by atoms with Crippen molar-refractivity contribution in [3.8, 4) is 0 Å². The molecule has 0 aromatic rings. The Balaban J connectivity index is 2.75. The average molecular weight is 1050 g/mol. The van der Waals surface area contributed by atoms with E-state index in [1.807, 2.05) is 18.2 Å². The van der Waals surface area contributed by atoms with Gasteiger partial charge in [-0.25, -0.2) is 4.79 Å². The minimum absolute atomic E-state index is 0.0689. The van der Waals surface area contributed by atoms with Crippen LogP contribution in [0, 0.1) is 0 Å². The fourth-order valence-corrected chi connectivity index (χ4v) is 8.25. The molecule has 0 aromatic carbocycles. The number of aliphatic hydroxyl groups is 2. The summed E-state index contributed by atoms with van der Waals surface area (Å²) in [6.07, 6.45) is 54.1. The third kappa shape index (κ3) is 40.6. The molecule has 0 saturated carbocycles. The molecule has 6 unspecified atom stereocenters. The fourth-order valence-electron chi connectivity index (χ4n) is 8.25. The molecule has 1 aliphatic heterocycles. The highest BCUT2D eigenvalue weighted by Gasteiger charge is 2.50. The van der Waals surface area contributed by atoms with Gasteiger partial charge < -0.3 is 39.0 Å². The number of aliphatic hydroxyl groups excluding tert-OH is 2. The molecule has 1 rings (SSSR count). The predicted molar refractivity (Wildman–Crippen MR) is 303 cm³/mol. The summed E-state index contributed by atoms with van der Waals surface area (Å²) in [6.45, 7) is 5.69. The van der Waals surface area contributed by atoms with Crippen LogP contribution in [0.1, 0.15) is 226 Å². The molecule has 0 amide bonds. The van der Waals surface area contributed by atoms with E-state index in [-0.39, 0.29) is 25.9 Å². The van der Waals surface area contributed by atoms with Gasteiger partial charge in [-0.3, -0.25) is 14.4 Å². The topological polar surface area (TPSA) is 175 Å². The van der Waals surface area contributed by atoms with E-state index in [2.05, 4.69) is 99.8 Å². The van der Waals surface area contributed by atoms with E-state index < -0.39 is 67.3 Å². The van der Waals surface area contributed by atoms with Crippen molar-refractivity contribution in [2.75, 3.05) is 13.2 Å². The first-order chi connectivity index (χ1) is 36.6. The fraction of sp³-hybridized carbons (Fsp3) is 0.683. The van der Waals surface area contributed by atoms with Crippen molar-refractivity contribution in [1.82, 2.24) is 0 Å². The Hall–Kier alpha value is -4.36. The zero-order valence-corrected chi connectivity index (χ0v) is 46.8. The van der Waals surface area contributed by atoms with Gasteiger partial charge in [-0.05, 0) is 83.5 Å². The second-order valence-corrected chi connectivity index (χ2v) is 19.5. The number of carboxylic acids is 1. The van der Waals surface area contributed by atoms with Gasteiger partial charge in [-0.2, -0.15) is 0 Å². The van der Waals surface area contributed by atoms with Gasteiger partial charge in [0.1, 0.15) is 18.8 Å². The molecule has 0 bridgehead atoms. The van der Waals surface area contributed by atoms with Gasteiger partial charge in [0.05, 0.1) is 6.61 Å². The molecule has 1 aliphatic rings. The van der Waals surface area contributed by atoms with Gasteiger partial charge in [0.15, 0.2) is 24.6 Å². The van der Waals surface area contributed by atoms with E-state index in [1.165, 1.54) is 83.5 Å². The van der Waals surface area contributed by atoms with E-state index in [1.54, 1.807) is 0 Å². The molecule has 0 radical (unpaired) electrons. The molecule has 1 heterocycles. The monoisotopic (exact) mass is 1050 g/mol. The number of hydrogen-bond acceptors (Lipinski definition) is 11. The van der Waals surface area contributed by atoms with Crippen molar-refractivity contribution in [3.05, 3.63) is 97.2 Å². The van der Waals surface area contributed by atoms with Crippen LogP contribution in [0.3, 0.4) is 0 Å². The van der Waals surface area contributed by atoms with Crippen LogP contribution in [0.4, 0.5) is 0 Å². The Morgan fingerprint density at radius 2 is 0.867 bits per heavy atom. The zero-order valence-electron chi connectivity index (χ0n) is 46.8. The Morgan fingerprint density at radius 3 is 1.33 bits per heavy atom. The second kappa shape index (κ2) is 50.5. The number of unbranched alkanes of at least 4 members (excludes halogenated alkanes) is 18. The minimum atomic E-state index is -1.94. The molecule has 426 valence electrons. The Bertz CT molecular complexity index is 1670. The van der Waals surface area contributed by atoms with Crippen LogP contribution >= 0.6 is 0 Å². The third-order valence-corrected chi connectivity index (χ3v) is 12.7. The summed E-state index contributed by atoms with van der Waals surface area (Å²) in [5.41, 5.74) is 0. The van der Waals surface area contributed by atoms with Crippen LogP contribution < -0.4 is 0 Å². The summed E-state index contributed by atoms with van der Waals surface area (Å²) < 4.78 is 28.3. The average Bonchev–Trinajstić information content (AvgIpc) is 3.39. The van der Waals surface area contributed by atoms with Crippen LogP contribution in [0.15, 0.2) is 97.2 Å². The highest BCUT2D eigenvalue weighted by atomic mass is 16.7. The summed E-state index contributed by atoms with van der Waals surface area (Å²) >= 11 is 0.